The number of hydrogen-bond donors (Lipinski definition) is 1. The van der Waals surface area contributed by atoms with Crippen LogP contribution in [-0.4, -0.2) is 103 Å². The van der Waals surface area contributed by atoms with E-state index in [-0.39, 0.29) is 64.6 Å². The van der Waals surface area contributed by atoms with E-state index in [1.54, 1.807) is 6.92 Å². The van der Waals surface area contributed by atoms with Crippen LogP contribution in [0.1, 0.15) is 33.6 Å². The van der Waals surface area contributed by atoms with Crippen LogP contribution in [0.4, 0.5) is 0 Å². The molecule has 3 aliphatic heterocycles. The second-order valence-electron chi connectivity index (χ2n) is 10.6. The molecule has 0 saturated carbocycles. The minimum Gasteiger partial charge on any atom is -0.492 e. The van der Waals surface area contributed by atoms with Gasteiger partial charge in [0.05, 0.1) is 26.3 Å². The first kappa shape index (κ1) is 26.9. The Bertz CT molecular complexity index is 1400. The first-order chi connectivity index (χ1) is 18.4. The zero-order valence-electron chi connectivity index (χ0n) is 22.8. The third kappa shape index (κ3) is 3.78. The van der Waals surface area contributed by atoms with E-state index >= 15 is 0 Å². The SMILES string of the molecule is COC1=C(C)C(=O)C2=C(C1=O)[C@H]1[C@@H]3CC4=C(C(=O)C(OC)=C(C)C4=O)[C@H](CNC(=O)C(C)=O)N3C[C@@H](C2)N1C. The van der Waals surface area contributed by atoms with Gasteiger partial charge in [-0.3, -0.25) is 38.6 Å². The first-order valence-corrected chi connectivity index (χ1v) is 12.9. The minimum atomic E-state index is -0.801. The van der Waals surface area contributed by atoms with Crippen LogP contribution in [0.2, 0.25) is 0 Å². The molecule has 0 spiro atoms. The van der Waals surface area contributed by atoms with Crippen LogP contribution in [-0.2, 0) is 38.2 Å². The van der Waals surface area contributed by atoms with Gasteiger partial charge in [0.1, 0.15) is 0 Å². The Hall–Kier alpha value is -3.70. The van der Waals surface area contributed by atoms with Crippen LogP contribution >= 0.6 is 0 Å². The average molecular weight is 538 g/mol. The molecule has 2 bridgehead atoms. The molecule has 0 radical (unpaired) electrons. The second kappa shape index (κ2) is 9.49. The summed E-state index contributed by atoms with van der Waals surface area (Å²) in [6, 6.07) is -1.93. The molecule has 1 amide bonds. The van der Waals surface area contributed by atoms with Gasteiger partial charge in [-0.2, -0.15) is 0 Å². The van der Waals surface area contributed by atoms with E-state index in [9.17, 15) is 28.8 Å². The number of piperazine rings is 1. The highest BCUT2D eigenvalue weighted by molar-refractivity contribution is 6.35. The van der Waals surface area contributed by atoms with Crippen molar-refractivity contribution in [1.29, 1.82) is 0 Å². The fourth-order valence-corrected chi connectivity index (χ4v) is 6.85. The lowest BCUT2D eigenvalue weighted by Crippen LogP contribution is -2.71. The highest BCUT2D eigenvalue weighted by Gasteiger charge is 2.56. The number of ether oxygens (including phenoxy) is 2. The molecule has 11 heteroatoms. The number of hydrogen-bond acceptors (Lipinski definition) is 10. The van der Waals surface area contributed by atoms with Crippen LogP contribution in [0.5, 0.6) is 0 Å². The van der Waals surface area contributed by atoms with Crippen molar-refractivity contribution >= 4 is 34.8 Å². The average Bonchev–Trinajstić information content (AvgIpc) is 2.89. The molecule has 1 fully saturated rings. The van der Waals surface area contributed by atoms with Gasteiger partial charge in [-0.25, -0.2) is 0 Å². The molecule has 11 nitrogen and oxygen atoms in total. The van der Waals surface area contributed by atoms with Gasteiger partial charge in [-0.15, -0.1) is 0 Å². The maximum atomic E-state index is 13.7. The number of nitrogens with one attached hydrogen (secondary N) is 1. The Morgan fingerprint density at radius 1 is 0.872 bits per heavy atom. The Kier molecular flexibility index (Phi) is 6.54. The Labute approximate surface area is 225 Å². The number of ketones is 5. The first-order valence-electron chi connectivity index (χ1n) is 12.9. The number of carbonyl (C=O) groups excluding carboxylic acids is 6. The lowest BCUT2D eigenvalue weighted by Gasteiger charge is -2.58. The van der Waals surface area contributed by atoms with Crippen molar-refractivity contribution in [2.24, 2.45) is 0 Å². The van der Waals surface area contributed by atoms with Crippen molar-refractivity contribution in [3.05, 3.63) is 45.0 Å². The molecule has 1 N–H and O–H groups in total. The number of allylic oxidation sites excluding steroid dienone is 4. The standard InChI is InChI=1S/C28H31N3O8/c1-11-22(33)15-7-14-10-31-17(21(30(14)4)20(15)25(36)27(11)39-6)8-16-19(18(31)9-29-28(37)13(3)32)24(35)26(38-5)12(2)23(16)34/h14,17-18,21H,7-10H2,1-6H3,(H,29,37)/t14-,17+,18+,21-/m1/s1. The molecule has 0 aromatic rings. The second-order valence-corrected chi connectivity index (χ2v) is 10.6. The van der Waals surface area contributed by atoms with Gasteiger partial charge in [0.25, 0.3) is 5.91 Å². The predicted molar refractivity (Wildman–Crippen MR) is 136 cm³/mol. The smallest absolute Gasteiger partial charge is 0.287 e. The van der Waals surface area contributed by atoms with Crippen molar-refractivity contribution in [3.8, 4) is 0 Å². The summed E-state index contributed by atoms with van der Waals surface area (Å²) >= 11 is 0. The lowest BCUT2D eigenvalue weighted by atomic mass is 9.69. The lowest BCUT2D eigenvalue weighted by molar-refractivity contribution is -0.137. The largest absolute Gasteiger partial charge is 0.492 e. The van der Waals surface area contributed by atoms with Gasteiger partial charge in [-0.05, 0) is 33.7 Å². The number of Topliss-reactive ketones (excluding diaryl/α,β-unsaturated/α-hetero) is 5. The number of likely N-dealkylation sites (N-methyl/N-ethyl adjacent to an activating group) is 1. The molecule has 4 atom stereocenters. The van der Waals surface area contributed by atoms with Crippen LogP contribution < -0.4 is 5.32 Å². The third-order valence-electron chi connectivity index (χ3n) is 8.76. The molecule has 2 aliphatic carbocycles. The van der Waals surface area contributed by atoms with Crippen LogP contribution in [0.15, 0.2) is 45.0 Å². The molecule has 0 aromatic heterocycles. The normalized spacial score (nSPS) is 29.4. The van der Waals surface area contributed by atoms with E-state index in [0.29, 0.717) is 29.7 Å². The van der Waals surface area contributed by atoms with Crippen LogP contribution in [0.25, 0.3) is 0 Å². The van der Waals surface area contributed by atoms with E-state index in [1.807, 2.05) is 11.9 Å². The van der Waals surface area contributed by atoms with E-state index in [4.69, 9.17) is 9.47 Å². The molecule has 3 heterocycles. The van der Waals surface area contributed by atoms with Gasteiger partial charge in [0.15, 0.2) is 23.1 Å². The van der Waals surface area contributed by atoms with E-state index in [2.05, 4.69) is 10.2 Å². The number of amides is 1. The van der Waals surface area contributed by atoms with Crippen molar-refractivity contribution in [2.75, 3.05) is 34.4 Å². The zero-order valence-corrected chi connectivity index (χ0v) is 22.8. The number of methoxy groups -OCH3 is 2. The summed E-state index contributed by atoms with van der Waals surface area (Å²) in [5, 5.41) is 2.61. The quantitative estimate of drug-likeness (QED) is 0.375. The molecule has 39 heavy (non-hydrogen) atoms. The van der Waals surface area contributed by atoms with Crippen molar-refractivity contribution in [3.63, 3.8) is 0 Å². The molecular weight excluding hydrogens is 506 g/mol. The van der Waals surface area contributed by atoms with E-state index in [1.165, 1.54) is 21.1 Å². The molecule has 0 unspecified atom stereocenters. The number of rotatable bonds is 5. The van der Waals surface area contributed by atoms with Gasteiger partial charge >= 0.3 is 0 Å². The Morgan fingerprint density at radius 3 is 1.95 bits per heavy atom. The predicted octanol–water partition coefficient (Wildman–Crippen LogP) is -0.0416. The maximum Gasteiger partial charge on any atom is 0.287 e. The summed E-state index contributed by atoms with van der Waals surface area (Å²) in [5.41, 5.74) is 1.83. The number of fused-ring (bicyclic) bond motifs is 5. The van der Waals surface area contributed by atoms with E-state index < -0.39 is 35.6 Å². The topological polar surface area (TPSA) is 139 Å². The van der Waals surface area contributed by atoms with Gasteiger partial charge in [0.2, 0.25) is 17.3 Å². The Morgan fingerprint density at radius 2 is 1.41 bits per heavy atom. The molecule has 1 saturated heterocycles. The van der Waals surface area contributed by atoms with Gasteiger partial charge in [0, 0.05) is 65.5 Å². The summed E-state index contributed by atoms with van der Waals surface area (Å²) in [5.74, 6) is -2.85. The summed E-state index contributed by atoms with van der Waals surface area (Å²) < 4.78 is 10.6. The van der Waals surface area contributed by atoms with E-state index in [0.717, 1.165) is 6.92 Å². The Balaban J connectivity index is 1.64. The maximum absolute atomic E-state index is 13.7. The molecular formula is C28H31N3O8. The molecule has 206 valence electrons. The molecule has 0 aromatic carbocycles. The van der Waals surface area contributed by atoms with Crippen molar-refractivity contribution in [1.82, 2.24) is 15.1 Å². The highest BCUT2D eigenvalue weighted by atomic mass is 16.5. The fourth-order valence-electron chi connectivity index (χ4n) is 6.85. The fraction of sp³-hybridized carbons (Fsp3) is 0.500. The number of nitrogens with zero attached hydrogens (tertiary/aromatic N) is 2. The third-order valence-corrected chi connectivity index (χ3v) is 8.76. The van der Waals surface area contributed by atoms with Crippen LogP contribution in [0.3, 0.4) is 0 Å². The number of carbonyl (C=O) groups is 6. The van der Waals surface area contributed by atoms with Gasteiger partial charge < -0.3 is 14.8 Å². The van der Waals surface area contributed by atoms with Crippen molar-refractivity contribution < 1.29 is 38.2 Å². The highest BCUT2D eigenvalue weighted by Crippen LogP contribution is 2.47. The van der Waals surface area contributed by atoms with Crippen molar-refractivity contribution in [2.45, 2.75) is 57.8 Å². The summed E-state index contributed by atoms with van der Waals surface area (Å²) in [7, 11) is 4.58. The van der Waals surface area contributed by atoms with Gasteiger partial charge in [-0.1, -0.05) is 0 Å². The summed E-state index contributed by atoms with van der Waals surface area (Å²) in [6.07, 6.45) is 0.495. The summed E-state index contributed by atoms with van der Waals surface area (Å²) in [6.45, 7) is 4.60. The minimum absolute atomic E-state index is 0.0103. The zero-order chi connectivity index (χ0) is 28.5. The van der Waals surface area contributed by atoms with Crippen LogP contribution in [0, 0.1) is 0 Å². The molecule has 5 aliphatic rings. The monoisotopic (exact) mass is 537 g/mol. The summed E-state index contributed by atoms with van der Waals surface area (Å²) in [4.78, 5) is 82.2. The molecule has 5 rings (SSSR count).